The van der Waals surface area contributed by atoms with Gasteiger partial charge in [0.15, 0.2) is 0 Å². The molecule has 4 saturated carbocycles. The van der Waals surface area contributed by atoms with Gasteiger partial charge in [-0.3, -0.25) is 9.59 Å². The molecule has 2 N–H and O–H groups in total. The summed E-state index contributed by atoms with van der Waals surface area (Å²) in [6.45, 7) is 2.16. The molecule has 0 saturated heterocycles. The molecule has 4 fully saturated rings. The summed E-state index contributed by atoms with van der Waals surface area (Å²) >= 11 is 5.91. The van der Waals surface area contributed by atoms with Crippen molar-refractivity contribution in [1.29, 1.82) is 0 Å². The smallest absolute Gasteiger partial charge is 0.251 e. The van der Waals surface area contributed by atoms with E-state index in [1.807, 2.05) is 0 Å². The number of hydrogen-bond acceptors (Lipinski definition) is 2. The number of nitrogens with one attached hydrogen (secondary N) is 2. The van der Waals surface area contributed by atoms with Crippen LogP contribution in [-0.2, 0) is 4.79 Å². The Kier molecular flexibility index (Phi) is 4.72. The summed E-state index contributed by atoms with van der Waals surface area (Å²) in [5.74, 6) is 2.21. The number of carbonyl (C=O) groups is 2. The lowest BCUT2D eigenvalue weighted by atomic mass is 9.48. The first-order valence-electron chi connectivity index (χ1n) is 9.77. The standard InChI is InChI=1S/C21H27ClN2O2/c1-13(21-9-14-5-15(10-21)7-16(6-14)11-21)24-19(25)12-23-20(26)17-3-2-4-18(22)8-17/h2-4,8,13-16H,5-7,9-12H2,1H3,(H,23,26)(H,24,25)/t13-,14?,15?,16?,21?/m1/s1. The lowest BCUT2D eigenvalue weighted by Crippen LogP contribution is -2.56. The fourth-order valence-electron chi connectivity index (χ4n) is 6.05. The van der Waals surface area contributed by atoms with E-state index < -0.39 is 0 Å². The third-order valence-electron chi connectivity index (χ3n) is 6.88. The summed E-state index contributed by atoms with van der Waals surface area (Å²) in [5, 5.41) is 6.38. The van der Waals surface area contributed by atoms with Crippen LogP contribution in [-0.4, -0.2) is 24.4 Å². The van der Waals surface area contributed by atoms with E-state index in [9.17, 15) is 9.59 Å². The number of benzene rings is 1. The van der Waals surface area contributed by atoms with Crippen molar-refractivity contribution in [2.45, 2.75) is 51.5 Å². The summed E-state index contributed by atoms with van der Waals surface area (Å²) in [6, 6.07) is 6.92. The number of carbonyl (C=O) groups excluding carboxylic acids is 2. The molecule has 1 aromatic carbocycles. The van der Waals surface area contributed by atoms with Crippen LogP contribution in [0.1, 0.15) is 55.8 Å². The third-order valence-corrected chi connectivity index (χ3v) is 7.11. The molecule has 5 heteroatoms. The van der Waals surface area contributed by atoms with Crippen LogP contribution in [0.25, 0.3) is 0 Å². The molecule has 0 aromatic heterocycles. The summed E-state index contributed by atoms with van der Waals surface area (Å²) in [5.41, 5.74) is 0.751. The minimum absolute atomic E-state index is 0.00204. The van der Waals surface area contributed by atoms with Gasteiger partial charge >= 0.3 is 0 Å². The Morgan fingerprint density at radius 1 is 1.15 bits per heavy atom. The van der Waals surface area contributed by atoms with Crippen molar-refractivity contribution in [2.75, 3.05) is 6.54 Å². The fraction of sp³-hybridized carbons (Fsp3) is 0.619. The van der Waals surface area contributed by atoms with Crippen LogP contribution >= 0.6 is 11.6 Å². The highest BCUT2D eigenvalue weighted by Crippen LogP contribution is 2.61. The molecule has 4 bridgehead atoms. The maximum Gasteiger partial charge on any atom is 0.251 e. The van der Waals surface area contributed by atoms with Crippen molar-refractivity contribution >= 4 is 23.4 Å². The lowest BCUT2D eigenvalue weighted by molar-refractivity contribution is -0.124. The number of hydrogen-bond donors (Lipinski definition) is 2. The van der Waals surface area contributed by atoms with Crippen LogP contribution in [0.3, 0.4) is 0 Å². The van der Waals surface area contributed by atoms with Crippen LogP contribution < -0.4 is 10.6 Å². The predicted octanol–water partition coefficient (Wildman–Crippen LogP) is 3.79. The SMILES string of the molecule is C[C@@H](NC(=O)CNC(=O)c1cccc(Cl)c1)C12CC3CC(CC(C3)C1)C2. The second-order valence-electron chi connectivity index (χ2n) is 8.76. The van der Waals surface area contributed by atoms with Gasteiger partial charge in [0.2, 0.25) is 5.91 Å². The minimum Gasteiger partial charge on any atom is -0.352 e. The molecular weight excluding hydrogens is 348 g/mol. The largest absolute Gasteiger partial charge is 0.352 e. The monoisotopic (exact) mass is 374 g/mol. The fourth-order valence-corrected chi connectivity index (χ4v) is 6.24. The summed E-state index contributed by atoms with van der Waals surface area (Å²) in [4.78, 5) is 24.6. The van der Waals surface area contributed by atoms with E-state index in [2.05, 4.69) is 17.6 Å². The van der Waals surface area contributed by atoms with Crippen LogP contribution in [0.15, 0.2) is 24.3 Å². The average Bonchev–Trinajstić information content (AvgIpc) is 2.58. The van der Waals surface area contributed by atoms with E-state index in [1.54, 1.807) is 24.3 Å². The van der Waals surface area contributed by atoms with Gasteiger partial charge in [-0.1, -0.05) is 17.7 Å². The Balaban J connectivity index is 1.31. The van der Waals surface area contributed by atoms with Crippen molar-refractivity contribution in [3.63, 3.8) is 0 Å². The molecule has 0 unspecified atom stereocenters. The molecule has 1 atom stereocenters. The highest BCUT2D eigenvalue weighted by molar-refractivity contribution is 6.30. The molecular formula is C21H27ClN2O2. The first-order valence-corrected chi connectivity index (χ1v) is 10.1. The van der Waals surface area contributed by atoms with Crippen LogP contribution in [0.2, 0.25) is 5.02 Å². The van der Waals surface area contributed by atoms with Crippen molar-refractivity contribution in [2.24, 2.45) is 23.2 Å². The Hall–Kier alpha value is -1.55. The molecule has 5 rings (SSSR count). The Morgan fingerprint density at radius 3 is 2.35 bits per heavy atom. The maximum absolute atomic E-state index is 12.4. The molecule has 4 aliphatic rings. The molecule has 4 aliphatic carbocycles. The Morgan fingerprint density at radius 2 is 1.77 bits per heavy atom. The summed E-state index contributed by atoms with van der Waals surface area (Å²) in [7, 11) is 0. The van der Waals surface area contributed by atoms with Gasteiger partial charge in [0.1, 0.15) is 0 Å². The highest BCUT2D eigenvalue weighted by atomic mass is 35.5. The Bertz CT molecular complexity index is 682. The van der Waals surface area contributed by atoms with Gasteiger partial charge in [-0.05, 0) is 86.8 Å². The normalized spacial score (nSPS) is 32.9. The van der Waals surface area contributed by atoms with Crippen molar-refractivity contribution in [3.8, 4) is 0 Å². The molecule has 0 spiro atoms. The number of halogens is 1. The predicted molar refractivity (Wildman–Crippen MR) is 102 cm³/mol. The van der Waals surface area contributed by atoms with Crippen LogP contribution in [0, 0.1) is 23.2 Å². The molecule has 4 nitrogen and oxygen atoms in total. The van der Waals surface area contributed by atoms with E-state index in [4.69, 9.17) is 11.6 Å². The van der Waals surface area contributed by atoms with Gasteiger partial charge < -0.3 is 10.6 Å². The van der Waals surface area contributed by atoms with E-state index in [0.29, 0.717) is 10.6 Å². The zero-order valence-electron chi connectivity index (χ0n) is 15.3. The quantitative estimate of drug-likeness (QED) is 0.823. The van der Waals surface area contributed by atoms with Crippen LogP contribution in [0.5, 0.6) is 0 Å². The minimum atomic E-state index is -0.273. The molecule has 140 valence electrons. The highest BCUT2D eigenvalue weighted by Gasteiger charge is 2.53. The van der Waals surface area contributed by atoms with Gasteiger partial charge in [-0.2, -0.15) is 0 Å². The Labute approximate surface area is 160 Å². The number of rotatable bonds is 5. The second-order valence-corrected chi connectivity index (χ2v) is 9.20. The van der Waals surface area contributed by atoms with Crippen LogP contribution in [0.4, 0.5) is 0 Å². The molecule has 0 radical (unpaired) electrons. The van der Waals surface area contributed by atoms with Gasteiger partial charge in [0, 0.05) is 16.6 Å². The van der Waals surface area contributed by atoms with E-state index >= 15 is 0 Å². The molecule has 0 heterocycles. The molecule has 26 heavy (non-hydrogen) atoms. The van der Waals surface area contributed by atoms with E-state index in [0.717, 1.165) is 17.8 Å². The van der Waals surface area contributed by atoms with Crippen molar-refractivity contribution in [1.82, 2.24) is 10.6 Å². The van der Waals surface area contributed by atoms with Crippen molar-refractivity contribution < 1.29 is 9.59 Å². The van der Waals surface area contributed by atoms with Gasteiger partial charge in [0.05, 0.1) is 6.54 Å². The van der Waals surface area contributed by atoms with Gasteiger partial charge in [-0.25, -0.2) is 0 Å². The molecule has 1 aromatic rings. The number of amides is 2. The zero-order chi connectivity index (χ0) is 18.3. The summed E-state index contributed by atoms with van der Waals surface area (Å²) < 4.78 is 0. The van der Waals surface area contributed by atoms with Crippen molar-refractivity contribution in [3.05, 3.63) is 34.9 Å². The first kappa shape index (κ1) is 17.8. The average molecular weight is 375 g/mol. The second kappa shape index (κ2) is 6.88. The molecule has 0 aliphatic heterocycles. The van der Waals surface area contributed by atoms with Gasteiger partial charge in [-0.15, -0.1) is 0 Å². The first-order chi connectivity index (χ1) is 12.4. The van der Waals surface area contributed by atoms with Gasteiger partial charge in [0.25, 0.3) is 5.91 Å². The topological polar surface area (TPSA) is 58.2 Å². The third kappa shape index (κ3) is 3.48. The van der Waals surface area contributed by atoms with E-state index in [-0.39, 0.29) is 29.8 Å². The maximum atomic E-state index is 12.4. The van der Waals surface area contributed by atoms with E-state index in [1.165, 1.54) is 38.5 Å². The summed E-state index contributed by atoms with van der Waals surface area (Å²) in [6.07, 6.45) is 7.97. The molecule has 2 amide bonds. The zero-order valence-corrected chi connectivity index (χ0v) is 16.0. The lowest BCUT2D eigenvalue weighted by Gasteiger charge is -2.59.